The minimum absolute atomic E-state index is 0.144. The normalized spacial score (nSPS) is 14.0. The second-order valence-corrected chi connectivity index (χ2v) is 7.71. The number of hydrogen-bond donors (Lipinski definition) is 3. The molecule has 3 aromatic rings. The van der Waals surface area contributed by atoms with Gasteiger partial charge in [0.05, 0.1) is 11.3 Å². The largest absolute Gasteiger partial charge is 0.511 e. The van der Waals surface area contributed by atoms with Gasteiger partial charge in [0.1, 0.15) is 5.75 Å². The van der Waals surface area contributed by atoms with Gasteiger partial charge < -0.3 is 25.4 Å². The molecule has 0 saturated heterocycles. The van der Waals surface area contributed by atoms with Gasteiger partial charge >= 0.3 is 6.16 Å². The molecule has 0 saturated carbocycles. The molecular formula is C25H23N3O4. The van der Waals surface area contributed by atoms with E-state index in [1.807, 2.05) is 68.7 Å². The summed E-state index contributed by atoms with van der Waals surface area (Å²) in [6.45, 7) is 0.828. The van der Waals surface area contributed by atoms with Crippen molar-refractivity contribution in [3.05, 3.63) is 89.5 Å². The lowest BCUT2D eigenvalue weighted by atomic mass is 9.99. The first kappa shape index (κ1) is 21.1. The van der Waals surface area contributed by atoms with Crippen molar-refractivity contribution in [2.45, 2.75) is 6.54 Å². The molecule has 0 radical (unpaired) electrons. The van der Waals surface area contributed by atoms with E-state index in [1.165, 1.54) is 11.6 Å². The number of carboxylic acid groups (broad SMARTS) is 1. The predicted octanol–water partition coefficient (Wildman–Crippen LogP) is 4.74. The number of hydrogen-bond acceptors (Lipinski definition) is 5. The summed E-state index contributed by atoms with van der Waals surface area (Å²) in [5, 5.41) is 15.2. The van der Waals surface area contributed by atoms with Crippen molar-refractivity contribution < 1.29 is 19.4 Å². The summed E-state index contributed by atoms with van der Waals surface area (Å²) < 4.78 is 4.80. The van der Waals surface area contributed by atoms with Gasteiger partial charge in [-0.05, 0) is 55.6 Å². The van der Waals surface area contributed by atoms with E-state index < -0.39 is 6.16 Å². The Balaban J connectivity index is 1.79. The van der Waals surface area contributed by atoms with Crippen LogP contribution in [0.15, 0.2) is 72.8 Å². The van der Waals surface area contributed by atoms with Gasteiger partial charge in [-0.2, -0.15) is 0 Å². The van der Waals surface area contributed by atoms with Crippen LogP contribution in [0.25, 0.3) is 11.3 Å². The van der Waals surface area contributed by atoms with Crippen molar-refractivity contribution in [3.63, 3.8) is 0 Å². The molecule has 7 heteroatoms. The van der Waals surface area contributed by atoms with Crippen LogP contribution in [-0.2, 0) is 11.3 Å². The molecule has 7 nitrogen and oxygen atoms in total. The molecule has 3 N–H and O–H groups in total. The number of ether oxygens (including phenoxy) is 1. The van der Waals surface area contributed by atoms with E-state index in [0.29, 0.717) is 22.5 Å². The molecule has 0 bridgehead atoms. The molecule has 0 aliphatic carbocycles. The summed E-state index contributed by atoms with van der Waals surface area (Å²) in [6, 6.07) is 22.3. The summed E-state index contributed by atoms with van der Waals surface area (Å²) in [4.78, 5) is 26.0. The van der Waals surface area contributed by atoms with E-state index in [4.69, 9.17) is 9.84 Å². The zero-order chi connectivity index (χ0) is 22.7. The number of nitrogens with one attached hydrogen (secondary N) is 2. The van der Waals surface area contributed by atoms with Gasteiger partial charge in [-0.3, -0.25) is 4.79 Å². The fraction of sp³-hybridized carbons (Fsp3) is 0.120. The van der Waals surface area contributed by atoms with E-state index in [1.54, 1.807) is 12.1 Å². The van der Waals surface area contributed by atoms with Crippen molar-refractivity contribution in [2.24, 2.45) is 0 Å². The molecule has 1 heterocycles. The average molecular weight is 429 g/mol. The number of benzene rings is 3. The number of carbonyl (C=O) groups is 2. The highest BCUT2D eigenvalue weighted by Crippen LogP contribution is 2.39. The fourth-order valence-electron chi connectivity index (χ4n) is 3.65. The molecule has 4 rings (SSSR count). The van der Waals surface area contributed by atoms with Gasteiger partial charge in [-0.25, -0.2) is 4.79 Å². The van der Waals surface area contributed by atoms with Gasteiger partial charge in [0.2, 0.25) is 0 Å². The van der Waals surface area contributed by atoms with E-state index in [0.717, 1.165) is 17.8 Å². The molecule has 1 aliphatic heterocycles. The molecule has 162 valence electrons. The Morgan fingerprint density at radius 1 is 1.03 bits per heavy atom. The maximum Gasteiger partial charge on any atom is 0.511 e. The molecule has 3 aromatic carbocycles. The number of nitrogens with zero attached hydrogens (tertiary/aromatic N) is 1. The number of carbonyl (C=O) groups excluding carboxylic acids is 1. The minimum Gasteiger partial charge on any atom is -0.449 e. The van der Waals surface area contributed by atoms with E-state index >= 15 is 0 Å². The number of anilines is 2. The van der Waals surface area contributed by atoms with Crippen LogP contribution < -0.4 is 15.4 Å². The van der Waals surface area contributed by atoms with Crippen LogP contribution in [0, 0.1) is 0 Å². The zero-order valence-electron chi connectivity index (χ0n) is 17.8. The van der Waals surface area contributed by atoms with Gasteiger partial charge in [-0.15, -0.1) is 0 Å². The monoisotopic (exact) mass is 429 g/mol. The molecule has 32 heavy (non-hydrogen) atoms. The van der Waals surface area contributed by atoms with Crippen molar-refractivity contribution in [1.29, 1.82) is 0 Å². The second-order valence-electron chi connectivity index (χ2n) is 7.71. The third-order valence-electron chi connectivity index (χ3n) is 4.98. The quantitative estimate of drug-likeness (QED) is 0.298. The minimum atomic E-state index is -1.41. The Labute approximate surface area is 185 Å². The lowest BCUT2D eigenvalue weighted by molar-refractivity contribution is -0.110. The van der Waals surface area contributed by atoms with Crippen molar-refractivity contribution >= 4 is 34.7 Å². The SMILES string of the molecule is CN(C)Cc1ccc(N/C(=C2\C(=O)Nc3ccc(OC(=O)O)cc32)c2ccccc2)cc1. The van der Waals surface area contributed by atoms with Gasteiger partial charge in [-0.1, -0.05) is 42.5 Å². The van der Waals surface area contributed by atoms with E-state index in [-0.39, 0.29) is 11.7 Å². The first-order chi connectivity index (χ1) is 15.4. The molecule has 0 atom stereocenters. The lowest BCUT2D eigenvalue weighted by Crippen LogP contribution is -2.11. The summed E-state index contributed by atoms with van der Waals surface area (Å²) >= 11 is 0. The smallest absolute Gasteiger partial charge is 0.449 e. The fourth-order valence-corrected chi connectivity index (χ4v) is 3.65. The average Bonchev–Trinajstić information content (AvgIpc) is 3.08. The Hall–Kier alpha value is -4.10. The van der Waals surface area contributed by atoms with Crippen LogP contribution in [0.1, 0.15) is 16.7 Å². The molecule has 0 aromatic heterocycles. The standard InChI is InChI=1S/C25H23N3O4/c1-28(2)15-16-8-10-18(11-9-16)26-23(17-6-4-3-5-7-17)22-20-14-19(32-25(30)31)12-13-21(20)27-24(22)29/h3-14,26H,15H2,1-2H3,(H,27,29)(H,30,31)/b23-22-. The van der Waals surface area contributed by atoms with Crippen molar-refractivity contribution in [3.8, 4) is 5.75 Å². The first-order valence-corrected chi connectivity index (χ1v) is 10.1. The van der Waals surface area contributed by atoms with Gasteiger partial charge in [0.15, 0.2) is 0 Å². The van der Waals surface area contributed by atoms with E-state index in [2.05, 4.69) is 15.5 Å². The highest BCUT2D eigenvalue weighted by molar-refractivity contribution is 6.37. The third-order valence-corrected chi connectivity index (χ3v) is 4.98. The summed E-state index contributed by atoms with van der Waals surface area (Å²) in [6.07, 6.45) is -1.41. The van der Waals surface area contributed by atoms with Crippen LogP contribution in [0.4, 0.5) is 16.2 Å². The highest BCUT2D eigenvalue weighted by Gasteiger charge is 2.29. The highest BCUT2D eigenvalue weighted by atomic mass is 16.7. The van der Waals surface area contributed by atoms with Crippen molar-refractivity contribution in [2.75, 3.05) is 24.7 Å². The molecule has 1 amide bonds. The van der Waals surface area contributed by atoms with Gasteiger partial charge in [0.25, 0.3) is 5.91 Å². The zero-order valence-corrected chi connectivity index (χ0v) is 17.8. The molecule has 0 fully saturated rings. The molecule has 0 spiro atoms. The van der Waals surface area contributed by atoms with Crippen LogP contribution in [0.2, 0.25) is 0 Å². The molecule has 1 aliphatic rings. The second kappa shape index (κ2) is 8.95. The Morgan fingerprint density at radius 3 is 2.41 bits per heavy atom. The Kier molecular flexibility index (Phi) is 5.91. The van der Waals surface area contributed by atoms with Crippen LogP contribution in [-0.4, -0.2) is 36.2 Å². The Morgan fingerprint density at radius 2 is 1.75 bits per heavy atom. The summed E-state index contributed by atoms with van der Waals surface area (Å²) in [7, 11) is 4.03. The molecular weight excluding hydrogens is 406 g/mol. The summed E-state index contributed by atoms with van der Waals surface area (Å²) in [5.74, 6) is -0.131. The van der Waals surface area contributed by atoms with Crippen LogP contribution in [0.3, 0.4) is 0 Å². The number of amides is 1. The number of rotatable bonds is 6. The first-order valence-electron chi connectivity index (χ1n) is 10.1. The maximum atomic E-state index is 13.0. The number of fused-ring (bicyclic) bond motifs is 1. The maximum absolute atomic E-state index is 13.0. The van der Waals surface area contributed by atoms with Crippen molar-refractivity contribution in [1.82, 2.24) is 4.90 Å². The Bertz CT molecular complexity index is 1190. The van der Waals surface area contributed by atoms with Gasteiger partial charge in [0, 0.05) is 23.5 Å². The topological polar surface area (TPSA) is 90.9 Å². The lowest BCUT2D eigenvalue weighted by Gasteiger charge is -2.16. The molecule has 0 unspecified atom stereocenters. The van der Waals surface area contributed by atoms with Crippen LogP contribution >= 0.6 is 0 Å². The van der Waals surface area contributed by atoms with E-state index in [9.17, 15) is 9.59 Å². The summed E-state index contributed by atoms with van der Waals surface area (Å²) in [5.41, 5.74) is 5.04. The third kappa shape index (κ3) is 4.63. The predicted molar refractivity (Wildman–Crippen MR) is 124 cm³/mol. The van der Waals surface area contributed by atoms with Crippen LogP contribution in [0.5, 0.6) is 5.75 Å².